The second kappa shape index (κ2) is 8.02. The van der Waals surface area contributed by atoms with E-state index < -0.39 is 17.2 Å². The number of nitrogens with one attached hydrogen (secondary N) is 1. The smallest absolute Gasteiger partial charge is 0.341 e. The molecule has 9 nitrogen and oxygen atoms in total. The maximum atomic E-state index is 15.0. The molecule has 1 aliphatic carbocycles. The highest BCUT2D eigenvalue weighted by atomic mass is 19.1. The van der Waals surface area contributed by atoms with E-state index in [0.29, 0.717) is 31.8 Å². The minimum Gasteiger partial charge on any atom is -0.477 e. The number of carbonyl (C=O) groups is 1. The molecule has 10 heteroatoms. The van der Waals surface area contributed by atoms with Crippen LogP contribution in [0.15, 0.2) is 22.2 Å². The third-order valence-electron chi connectivity index (χ3n) is 5.51. The molecule has 2 aromatic heterocycles. The summed E-state index contributed by atoms with van der Waals surface area (Å²) in [5, 5.41) is 16.7. The van der Waals surface area contributed by atoms with Gasteiger partial charge in [-0.05, 0) is 39.3 Å². The molecule has 2 fully saturated rings. The van der Waals surface area contributed by atoms with Crippen molar-refractivity contribution >= 4 is 28.5 Å². The van der Waals surface area contributed by atoms with Crippen molar-refractivity contribution in [3.63, 3.8) is 0 Å². The van der Waals surface area contributed by atoms with Crippen LogP contribution >= 0.6 is 0 Å². The number of carboxylic acid groups (broad SMARTS) is 1. The molecule has 2 N–H and O–H groups in total. The monoisotopic (exact) mass is 417 g/mol. The van der Waals surface area contributed by atoms with Crippen LogP contribution in [-0.2, 0) is 4.84 Å². The first kappa shape index (κ1) is 20.3. The summed E-state index contributed by atoms with van der Waals surface area (Å²) in [6.45, 7) is 3.16. The van der Waals surface area contributed by atoms with Crippen LogP contribution < -0.4 is 15.6 Å². The standard InChI is InChI=1S/C20H24FN5O4/c1-3-30-24-16-10-25(7-6-15(16)22-2)19-14(21)8-12-17(27)13(20(28)29)9-26(11-4-5-11)18(12)23-19/h8-9,11,15,22H,3-7,10H2,1-2H3,(H,28,29). The fraction of sp³-hybridized carbons (Fsp3) is 0.500. The lowest BCUT2D eigenvalue weighted by atomic mass is 10.0. The summed E-state index contributed by atoms with van der Waals surface area (Å²) >= 11 is 0. The van der Waals surface area contributed by atoms with Gasteiger partial charge in [-0.15, -0.1) is 0 Å². The highest BCUT2D eigenvalue weighted by Gasteiger charge is 2.31. The Hall–Kier alpha value is -3.01. The number of nitrogens with zero attached hydrogens (tertiary/aromatic N) is 4. The number of rotatable bonds is 6. The van der Waals surface area contributed by atoms with E-state index in [9.17, 15) is 14.7 Å². The van der Waals surface area contributed by atoms with Gasteiger partial charge in [0.1, 0.15) is 17.8 Å². The Bertz CT molecular complexity index is 1080. The van der Waals surface area contributed by atoms with Crippen LogP contribution in [0.3, 0.4) is 0 Å². The van der Waals surface area contributed by atoms with Gasteiger partial charge >= 0.3 is 5.97 Å². The van der Waals surface area contributed by atoms with Crippen molar-refractivity contribution in [2.24, 2.45) is 5.16 Å². The molecular weight excluding hydrogens is 393 g/mol. The van der Waals surface area contributed by atoms with Crippen LogP contribution in [0.1, 0.15) is 42.6 Å². The van der Waals surface area contributed by atoms with Gasteiger partial charge in [-0.3, -0.25) is 4.79 Å². The molecule has 1 saturated carbocycles. The van der Waals surface area contributed by atoms with E-state index in [1.165, 1.54) is 6.20 Å². The minimum absolute atomic E-state index is 0.0173. The predicted molar refractivity (Wildman–Crippen MR) is 110 cm³/mol. The first-order chi connectivity index (χ1) is 14.4. The lowest BCUT2D eigenvalue weighted by Crippen LogP contribution is -2.49. The topological polar surface area (TPSA) is 109 Å². The Balaban J connectivity index is 1.80. The number of carboxylic acids is 1. The third kappa shape index (κ3) is 3.62. The Morgan fingerprint density at radius 3 is 2.83 bits per heavy atom. The van der Waals surface area contributed by atoms with E-state index in [4.69, 9.17) is 4.84 Å². The summed E-state index contributed by atoms with van der Waals surface area (Å²) < 4.78 is 16.7. The number of hydrogen-bond acceptors (Lipinski definition) is 7. The Morgan fingerprint density at radius 2 is 2.20 bits per heavy atom. The van der Waals surface area contributed by atoms with Crippen molar-refractivity contribution in [1.82, 2.24) is 14.9 Å². The summed E-state index contributed by atoms with van der Waals surface area (Å²) in [6, 6.07) is 1.20. The van der Waals surface area contributed by atoms with Crippen molar-refractivity contribution < 1.29 is 19.1 Å². The lowest BCUT2D eigenvalue weighted by Gasteiger charge is -2.33. The molecule has 2 aromatic rings. The fourth-order valence-corrected chi connectivity index (χ4v) is 3.81. The van der Waals surface area contributed by atoms with E-state index in [2.05, 4.69) is 15.5 Å². The van der Waals surface area contributed by atoms with Crippen LogP contribution in [0.2, 0.25) is 0 Å². The molecular formula is C20H24FN5O4. The van der Waals surface area contributed by atoms with Crippen LogP contribution in [0.4, 0.5) is 10.2 Å². The van der Waals surface area contributed by atoms with Crippen molar-refractivity contribution in [2.75, 3.05) is 31.6 Å². The van der Waals surface area contributed by atoms with E-state index in [-0.39, 0.29) is 28.9 Å². The van der Waals surface area contributed by atoms with Crippen LogP contribution in [0, 0.1) is 5.82 Å². The molecule has 1 aliphatic heterocycles. The number of hydrogen-bond donors (Lipinski definition) is 2. The van der Waals surface area contributed by atoms with Gasteiger partial charge in [-0.2, -0.15) is 0 Å². The number of aromatic nitrogens is 2. The predicted octanol–water partition coefficient (Wildman–Crippen LogP) is 1.76. The number of anilines is 1. The summed E-state index contributed by atoms with van der Waals surface area (Å²) in [5.74, 6) is -1.87. The number of fused-ring (bicyclic) bond motifs is 1. The molecule has 0 bridgehead atoms. The molecule has 0 amide bonds. The largest absolute Gasteiger partial charge is 0.477 e. The van der Waals surface area contributed by atoms with E-state index in [1.54, 1.807) is 9.47 Å². The van der Waals surface area contributed by atoms with Gasteiger partial charge in [-0.25, -0.2) is 14.2 Å². The van der Waals surface area contributed by atoms with Crippen molar-refractivity contribution in [3.05, 3.63) is 33.9 Å². The highest BCUT2D eigenvalue weighted by molar-refractivity contribution is 5.95. The Labute approximate surface area is 172 Å². The molecule has 1 atom stereocenters. The SMILES string of the molecule is CCON=C1CN(c2nc3c(cc2F)c(=O)c(C(=O)O)cn3C2CC2)CCC1NC. The molecule has 0 radical (unpaired) electrons. The normalized spacial score (nSPS) is 20.7. The zero-order valence-electron chi connectivity index (χ0n) is 16.9. The quantitative estimate of drug-likeness (QED) is 0.690. The van der Waals surface area contributed by atoms with Gasteiger partial charge in [-0.1, -0.05) is 5.16 Å². The second-order valence-corrected chi connectivity index (χ2v) is 7.53. The van der Waals surface area contributed by atoms with Gasteiger partial charge < -0.3 is 24.7 Å². The van der Waals surface area contributed by atoms with E-state index in [0.717, 1.165) is 24.6 Å². The average molecular weight is 417 g/mol. The Morgan fingerprint density at radius 1 is 1.43 bits per heavy atom. The van der Waals surface area contributed by atoms with Gasteiger partial charge in [0.2, 0.25) is 5.43 Å². The van der Waals surface area contributed by atoms with Crippen molar-refractivity contribution in [3.8, 4) is 0 Å². The Kier molecular flexibility index (Phi) is 5.42. The zero-order valence-corrected chi connectivity index (χ0v) is 16.9. The van der Waals surface area contributed by atoms with Gasteiger partial charge in [0.15, 0.2) is 11.6 Å². The average Bonchev–Trinajstić information content (AvgIpc) is 3.57. The van der Waals surface area contributed by atoms with Gasteiger partial charge in [0.05, 0.1) is 23.7 Å². The molecule has 0 aromatic carbocycles. The van der Waals surface area contributed by atoms with E-state index in [1.807, 2.05) is 14.0 Å². The molecule has 1 saturated heterocycles. The molecule has 2 aliphatic rings. The van der Waals surface area contributed by atoms with Crippen LogP contribution in [0.25, 0.3) is 11.0 Å². The fourth-order valence-electron chi connectivity index (χ4n) is 3.81. The number of aromatic carboxylic acids is 1. The molecule has 1 unspecified atom stereocenters. The number of piperidine rings is 1. The lowest BCUT2D eigenvalue weighted by molar-refractivity contribution is 0.0695. The summed E-state index contributed by atoms with van der Waals surface area (Å²) in [6.07, 6.45) is 3.75. The minimum atomic E-state index is -1.33. The van der Waals surface area contributed by atoms with Gasteiger partial charge in [0, 0.05) is 18.8 Å². The summed E-state index contributed by atoms with van der Waals surface area (Å²) in [4.78, 5) is 35.5. The highest BCUT2D eigenvalue weighted by Crippen LogP contribution is 2.37. The third-order valence-corrected chi connectivity index (χ3v) is 5.51. The summed E-state index contributed by atoms with van der Waals surface area (Å²) in [7, 11) is 1.84. The first-order valence-corrected chi connectivity index (χ1v) is 10.0. The first-order valence-electron chi connectivity index (χ1n) is 10.0. The van der Waals surface area contributed by atoms with Crippen molar-refractivity contribution in [1.29, 1.82) is 0 Å². The molecule has 30 heavy (non-hydrogen) atoms. The van der Waals surface area contributed by atoms with E-state index >= 15 is 4.39 Å². The molecule has 3 heterocycles. The zero-order chi connectivity index (χ0) is 21.4. The number of oxime groups is 1. The second-order valence-electron chi connectivity index (χ2n) is 7.53. The van der Waals surface area contributed by atoms with Crippen molar-refractivity contribution in [2.45, 2.75) is 38.3 Å². The molecule has 4 rings (SSSR count). The number of halogens is 1. The molecule has 0 spiro atoms. The maximum Gasteiger partial charge on any atom is 0.341 e. The molecule has 160 valence electrons. The summed E-state index contributed by atoms with van der Waals surface area (Å²) in [5.41, 5.74) is -0.0419. The van der Waals surface area contributed by atoms with Gasteiger partial charge in [0.25, 0.3) is 0 Å². The maximum absolute atomic E-state index is 15.0. The van der Waals surface area contributed by atoms with Crippen LogP contribution in [-0.4, -0.2) is 59.1 Å². The van der Waals surface area contributed by atoms with Crippen LogP contribution in [0.5, 0.6) is 0 Å². The number of pyridine rings is 2.